The van der Waals surface area contributed by atoms with Gasteiger partial charge in [-0.3, -0.25) is 0 Å². The van der Waals surface area contributed by atoms with E-state index < -0.39 is 0 Å². The van der Waals surface area contributed by atoms with Crippen LogP contribution >= 0.6 is 0 Å². The highest BCUT2D eigenvalue weighted by Gasteiger charge is 2.21. The minimum Gasteiger partial charge on any atom is -0.101 e. The molecule has 1 aliphatic rings. The van der Waals surface area contributed by atoms with Gasteiger partial charge in [-0.2, -0.15) is 0 Å². The zero-order chi connectivity index (χ0) is 13.2. The van der Waals surface area contributed by atoms with Crippen LogP contribution in [0.2, 0.25) is 0 Å². The Morgan fingerprint density at radius 1 is 0.842 bits per heavy atom. The summed E-state index contributed by atoms with van der Waals surface area (Å²) in [5.41, 5.74) is 7.52. The average Bonchev–Trinajstić information content (AvgIpc) is 2.81. The van der Waals surface area contributed by atoms with Crippen LogP contribution < -0.4 is 0 Å². The van der Waals surface area contributed by atoms with Crippen LogP contribution in [0.5, 0.6) is 0 Å². The molecule has 0 nitrogen and oxygen atoms in total. The van der Waals surface area contributed by atoms with E-state index in [1.807, 2.05) is 13.8 Å². The highest BCUT2D eigenvalue weighted by atomic mass is 14.2. The van der Waals surface area contributed by atoms with Crippen molar-refractivity contribution < 1.29 is 0 Å². The standard InChI is InChI=1S/C19H14/c1-3-7-14-11-12-18-17-10-6-5-9-15(17)13-19(18)16(14)8-4-2/h5-6,9-12H,13H2,1-2H3. The van der Waals surface area contributed by atoms with Crippen molar-refractivity contribution in [3.63, 3.8) is 0 Å². The molecule has 0 unspecified atom stereocenters. The molecule has 0 saturated heterocycles. The van der Waals surface area contributed by atoms with Crippen molar-refractivity contribution in [1.29, 1.82) is 0 Å². The fourth-order valence-electron chi connectivity index (χ4n) is 2.72. The van der Waals surface area contributed by atoms with E-state index in [0.717, 1.165) is 17.5 Å². The van der Waals surface area contributed by atoms with Crippen molar-refractivity contribution in [2.45, 2.75) is 20.3 Å². The fraction of sp³-hybridized carbons (Fsp3) is 0.158. The number of fused-ring (bicyclic) bond motifs is 3. The van der Waals surface area contributed by atoms with Crippen LogP contribution in [-0.4, -0.2) is 0 Å². The van der Waals surface area contributed by atoms with E-state index in [2.05, 4.69) is 60.1 Å². The lowest BCUT2D eigenvalue weighted by molar-refractivity contribution is 1.25. The molecule has 0 heteroatoms. The molecule has 0 aromatic heterocycles. The summed E-state index contributed by atoms with van der Waals surface area (Å²) in [4.78, 5) is 0. The Kier molecular flexibility index (Phi) is 2.86. The van der Waals surface area contributed by atoms with Crippen LogP contribution in [0, 0.1) is 23.7 Å². The molecule has 3 rings (SSSR count). The van der Waals surface area contributed by atoms with Crippen LogP contribution in [0.4, 0.5) is 0 Å². The van der Waals surface area contributed by atoms with Gasteiger partial charge in [-0.05, 0) is 48.6 Å². The second kappa shape index (κ2) is 4.68. The Morgan fingerprint density at radius 2 is 1.63 bits per heavy atom. The van der Waals surface area contributed by atoms with Crippen LogP contribution in [-0.2, 0) is 6.42 Å². The zero-order valence-corrected chi connectivity index (χ0v) is 11.2. The van der Waals surface area contributed by atoms with Crippen molar-refractivity contribution in [3.8, 4) is 34.8 Å². The Morgan fingerprint density at radius 3 is 2.42 bits per heavy atom. The maximum Gasteiger partial charge on any atom is 0.0443 e. The lowest BCUT2D eigenvalue weighted by Gasteiger charge is -2.06. The third-order valence-corrected chi connectivity index (χ3v) is 3.50. The van der Waals surface area contributed by atoms with Crippen LogP contribution in [0.15, 0.2) is 36.4 Å². The Bertz CT molecular complexity index is 771. The fourth-order valence-corrected chi connectivity index (χ4v) is 2.72. The van der Waals surface area contributed by atoms with Gasteiger partial charge >= 0.3 is 0 Å². The molecule has 0 saturated carbocycles. The SMILES string of the molecule is CC#Cc1ccc2c(c1C#CC)Cc1ccccc1-2. The van der Waals surface area contributed by atoms with E-state index in [0.29, 0.717) is 0 Å². The van der Waals surface area contributed by atoms with Crippen molar-refractivity contribution >= 4 is 0 Å². The number of hydrogen-bond acceptors (Lipinski definition) is 0. The third kappa shape index (κ3) is 1.83. The molecule has 0 spiro atoms. The van der Waals surface area contributed by atoms with Crippen molar-refractivity contribution in [1.82, 2.24) is 0 Å². The van der Waals surface area contributed by atoms with Gasteiger partial charge in [0.1, 0.15) is 0 Å². The number of benzene rings is 2. The van der Waals surface area contributed by atoms with E-state index >= 15 is 0 Å². The van der Waals surface area contributed by atoms with Crippen molar-refractivity contribution in [2.24, 2.45) is 0 Å². The van der Waals surface area contributed by atoms with Crippen LogP contribution in [0.25, 0.3) is 11.1 Å². The summed E-state index contributed by atoms with van der Waals surface area (Å²) in [5, 5.41) is 0. The predicted octanol–water partition coefficient (Wildman–Crippen LogP) is 4.00. The van der Waals surface area contributed by atoms with Crippen LogP contribution in [0.1, 0.15) is 36.1 Å². The van der Waals surface area contributed by atoms with Gasteiger partial charge in [-0.15, -0.1) is 11.8 Å². The highest BCUT2D eigenvalue weighted by Crippen LogP contribution is 2.38. The lowest BCUT2D eigenvalue weighted by atomic mass is 9.96. The van der Waals surface area contributed by atoms with Gasteiger partial charge in [-0.1, -0.05) is 42.2 Å². The lowest BCUT2D eigenvalue weighted by Crippen LogP contribution is -1.92. The van der Waals surface area contributed by atoms with Gasteiger partial charge in [-0.25, -0.2) is 0 Å². The molecule has 19 heavy (non-hydrogen) atoms. The van der Waals surface area contributed by atoms with Gasteiger partial charge in [0.15, 0.2) is 0 Å². The Labute approximate surface area is 114 Å². The molecule has 0 fully saturated rings. The van der Waals surface area contributed by atoms with E-state index in [1.54, 1.807) is 0 Å². The normalized spacial score (nSPS) is 10.6. The van der Waals surface area contributed by atoms with Gasteiger partial charge in [0.05, 0.1) is 0 Å². The Balaban J connectivity index is 2.29. The zero-order valence-electron chi connectivity index (χ0n) is 11.2. The second-order valence-electron chi connectivity index (χ2n) is 4.60. The first-order chi connectivity index (χ1) is 9.35. The molecule has 1 aliphatic carbocycles. The third-order valence-electron chi connectivity index (χ3n) is 3.50. The van der Waals surface area contributed by atoms with Gasteiger partial charge in [0, 0.05) is 11.1 Å². The summed E-state index contributed by atoms with van der Waals surface area (Å²) in [6.45, 7) is 3.75. The number of rotatable bonds is 0. The first-order valence-electron chi connectivity index (χ1n) is 6.45. The minimum atomic E-state index is 0.967. The second-order valence-corrected chi connectivity index (χ2v) is 4.60. The topological polar surface area (TPSA) is 0 Å². The quantitative estimate of drug-likeness (QED) is 0.523. The minimum absolute atomic E-state index is 0.967. The maximum absolute atomic E-state index is 3.24. The largest absolute Gasteiger partial charge is 0.101 e. The van der Waals surface area contributed by atoms with Gasteiger partial charge in [0.2, 0.25) is 0 Å². The summed E-state index contributed by atoms with van der Waals surface area (Å²) >= 11 is 0. The summed E-state index contributed by atoms with van der Waals surface area (Å²) < 4.78 is 0. The smallest absolute Gasteiger partial charge is 0.0443 e. The Hall–Kier alpha value is -2.44. The molecule has 90 valence electrons. The van der Waals surface area contributed by atoms with Crippen LogP contribution in [0.3, 0.4) is 0 Å². The molecule has 0 aliphatic heterocycles. The highest BCUT2D eigenvalue weighted by molar-refractivity contribution is 5.80. The molecule has 0 N–H and O–H groups in total. The van der Waals surface area contributed by atoms with Crippen molar-refractivity contribution in [2.75, 3.05) is 0 Å². The molecule has 0 heterocycles. The molecular weight excluding hydrogens is 228 g/mol. The molecule has 2 aromatic carbocycles. The van der Waals surface area contributed by atoms with E-state index in [1.165, 1.54) is 22.3 Å². The summed E-state index contributed by atoms with van der Waals surface area (Å²) in [6, 6.07) is 12.9. The van der Waals surface area contributed by atoms with Crippen molar-refractivity contribution in [3.05, 3.63) is 58.7 Å². The number of hydrogen-bond donors (Lipinski definition) is 0. The first kappa shape index (κ1) is 11.6. The van der Waals surface area contributed by atoms with E-state index in [9.17, 15) is 0 Å². The molecule has 2 aromatic rings. The molecule has 0 radical (unpaired) electrons. The molecule has 0 atom stereocenters. The molecule has 0 bridgehead atoms. The monoisotopic (exact) mass is 242 g/mol. The van der Waals surface area contributed by atoms with Gasteiger partial charge < -0.3 is 0 Å². The van der Waals surface area contributed by atoms with E-state index in [4.69, 9.17) is 0 Å². The van der Waals surface area contributed by atoms with Gasteiger partial charge in [0.25, 0.3) is 0 Å². The molecule has 0 amide bonds. The summed E-state index contributed by atoms with van der Waals surface area (Å²) in [6.07, 6.45) is 0.967. The summed E-state index contributed by atoms with van der Waals surface area (Å²) in [7, 11) is 0. The summed E-state index contributed by atoms with van der Waals surface area (Å²) in [5.74, 6) is 12.4. The average molecular weight is 242 g/mol. The predicted molar refractivity (Wildman–Crippen MR) is 79.8 cm³/mol. The molecular formula is C19H14. The first-order valence-corrected chi connectivity index (χ1v) is 6.45. The van der Waals surface area contributed by atoms with E-state index in [-0.39, 0.29) is 0 Å². The maximum atomic E-state index is 3.24.